The zero-order valence-corrected chi connectivity index (χ0v) is 9.75. The number of nitriles is 1. The lowest BCUT2D eigenvalue weighted by Crippen LogP contribution is -2.51. The minimum atomic E-state index is -0.430. The summed E-state index contributed by atoms with van der Waals surface area (Å²) >= 11 is 0. The van der Waals surface area contributed by atoms with E-state index in [4.69, 9.17) is 4.74 Å². The van der Waals surface area contributed by atoms with Gasteiger partial charge in [0.25, 0.3) is 0 Å². The van der Waals surface area contributed by atoms with Crippen molar-refractivity contribution in [2.75, 3.05) is 39.9 Å². The van der Waals surface area contributed by atoms with E-state index >= 15 is 0 Å². The first-order chi connectivity index (χ1) is 7.29. The molecule has 0 aromatic carbocycles. The van der Waals surface area contributed by atoms with Crippen LogP contribution >= 0.6 is 0 Å². The van der Waals surface area contributed by atoms with Crippen molar-refractivity contribution in [3.8, 4) is 6.07 Å². The van der Waals surface area contributed by atoms with Crippen LogP contribution in [0.3, 0.4) is 0 Å². The number of nitrogens with zero attached hydrogens (tertiary/aromatic N) is 2. The van der Waals surface area contributed by atoms with Gasteiger partial charge in [-0.3, -0.25) is 4.90 Å². The molecule has 4 nitrogen and oxygen atoms in total. The van der Waals surface area contributed by atoms with Gasteiger partial charge in [0.15, 0.2) is 0 Å². The van der Waals surface area contributed by atoms with Gasteiger partial charge in [-0.05, 0) is 19.4 Å². The Bertz CT molecular complexity index is 218. The Labute approximate surface area is 92.2 Å². The average molecular weight is 211 g/mol. The predicted molar refractivity (Wildman–Crippen MR) is 59.6 cm³/mol. The number of ether oxygens (including phenoxy) is 1. The molecule has 0 bridgehead atoms. The lowest BCUT2D eigenvalue weighted by molar-refractivity contribution is 0.0473. The van der Waals surface area contributed by atoms with Gasteiger partial charge in [-0.1, -0.05) is 6.92 Å². The average Bonchev–Trinajstić information content (AvgIpc) is 2.55. The second kappa shape index (κ2) is 6.06. The molecular weight excluding hydrogens is 190 g/mol. The minimum absolute atomic E-state index is 0.430. The van der Waals surface area contributed by atoms with Gasteiger partial charge in [0, 0.05) is 26.7 Å². The van der Waals surface area contributed by atoms with E-state index in [2.05, 4.69) is 23.2 Å². The highest BCUT2D eigenvalue weighted by molar-refractivity contribution is 5.08. The lowest BCUT2D eigenvalue weighted by Gasteiger charge is -2.36. The summed E-state index contributed by atoms with van der Waals surface area (Å²) in [5.41, 5.74) is -0.430. The Morgan fingerprint density at radius 2 is 2.27 bits per heavy atom. The Kier molecular flexibility index (Phi) is 5.03. The largest absolute Gasteiger partial charge is 0.382 e. The first-order valence-electron chi connectivity index (χ1n) is 5.65. The maximum Gasteiger partial charge on any atom is 0.132 e. The SMILES string of the molecule is CCC(C#N)(COC)N1CCCNCC1. The van der Waals surface area contributed by atoms with E-state index < -0.39 is 5.54 Å². The zero-order valence-electron chi connectivity index (χ0n) is 9.75. The molecule has 15 heavy (non-hydrogen) atoms. The maximum atomic E-state index is 9.36. The summed E-state index contributed by atoms with van der Waals surface area (Å²) in [5, 5.41) is 12.7. The number of nitrogens with one attached hydrogen (secondary N) is 1. The van der Waals surface area contributed by atoms with Gasteiger partial charge in [0.2, 0.25) is 0 Å². The van der Waals surface area contributed by atoms with Crippen molar-refractivity contribution in [3.63, 3.8) is 0 Å². The molecule has 1 aliphatic rings. The maximum absolute atomic E-state index is 9.36. The topological polar surface area (TPSA) is 48.3 Å². The highest BCUT2D eigenvalue weighted by Gasteiger charge is 2.35. The smallest absolute Gasteiger partial charge is 0.132 e. The van der Waals surface area contributed by atoms with Crippen LogP contribution in [-0.4, -0.2) is 50.3 Å². The third-order valence-electron chi connectivity index (χ3n) is 3.12. The summed E-state index contributed by atoms with van der Waals surface area (Å²) in [5.74, 6) is 0. The Morgan fingerprint density at radius 3 is 2.87 bits per heavy atom. The quantitative estimate of drug-likeness (QED) is 0.740. The van der Waals surface area contributed by atoms with Crippen molar-refractivity contribution in [1.29, 1.82) is 5.26 Å². The molecule has 0 amide bonds. The highest BCUT2D eigenvalue weighted by atomic mass is 16.5. The van der Waals surface area contributed by atoms with Gasteiger partial charge >= 0.3 is 0 Å². The molecule has 1 atom stereocenters. The van der Waals surface area contributed by atoms with E-state index in [1.165, 1.54) is 0 Å². The Balaban J connectivity index is 2.72. The molecule has 1 aliphatic heterocycles. The number of rotatable bonds is 4. The molecule has 1 heterocycles. The van der Waals surface area contributed by atoms with Gasteiger partial charge in [-0.25, -0.2) is 0 Å². The predicted octanol–water partition coefficient (Wildman–Crippen LogP) is 0.600. The van der Waals surface area contributed by atoms with Crippen molar-refractivity contribution < 1.29 is 4.74 Å². The summed E-state index contributed by atoms with van der Waals surface area (Å²) < 4.78 is 5.20. The fraction of sp³-hybridized carbons (Fsp3) is 0.909. The van der Waals surface area contributed by atoms with Crippen LogP contribution in [0.5, 0.6) is 0 Å². The monoisotopic (exact) mass is 211 g/mol. The molecule has 4 heteroatoms. The van der Waals surface area contributed by atoms with Gasteiger partial charge in [0.1, 0.15) is 5.54 Å². The third-order valence-corrected chi connectivity index (χ3v) is 3.12. The fourth-order valence-electron chi connectivity index (χ4n) is 2.11. The molecule has 86 valence electrons. The third kappa shape index (κ3) is 2.91. The van der Waals surface area contributed by atoms with E-state index in [0.717, 1.165) is 39.0 Å². The molecule has 0 saturated carbocycles. The number of hydrogen-bond acceptors (Lipinski definition) is 4. The van der Waals surface area contributed by atoms with Crippen LogP contribution in [0.2, 0.25) is 0 Å². The second-order valence-corrected chi connectivity index (χ2v) is 4.02. The van der Waals surface area contributed by atoms with Crippen LogP contribution in [0, 0.1) is 11.3 Å². The van der Waals surface area contributed by atoms with Crippen molar-refractivity contribution >= 4 is 0 Å². The van der Waals surface area contributed by atoms with Crippen LogP contribution in [-0.2, 0) is 4.74 Å². The Morgan fingerprint density at radius 1 is 1.47 bits per heavy atom. The van der Waals surface area contributed by atoms with Crippen molar-refractivity contribution in [2.24, 2.45) is 0 Å². The van der Waals surface area contributed by atoms with Crippen LogP contribution in [0.25, 0.3) is 0 Å². The fourth-order valence-corrected chi connectivity index (χ4v) is 2.11. The molecule has 1 rings (SSSR count). The normalized spacial score (nSPS) is 22.7. The molecule has 1 saturated heterocycles. The first-order valence-corrected chi connectivity index (χ1v) is 5.65. The van der Waals surface area contributed by atoms with Crippen LogP contribution in [0.4, 0.5) is 0 Å². The molecule has 1 fully saturated rings. The summed E-state index contributed by atoms with van der Waals surface area (Å²) in [7, 11) is 1.66. The van der Waals surface area contributed by atoms with E-state index in [-0.39, 0.29) is 0 Å². The second-order valence-electron chi connectivity index (χ2n) is 4.02. The highest BCUT2D eigenvalue weighted by Crippen LogP contribution is 2.20. The molecule has 1 unspecified atom stereocenters. The summed E-state index contributed by atoms with van der Waals surface area (Å²) in [4.78, 5) is 2.26. The molecular formula is C11H21N3O. The van der Waals surface area contributed by atoms with Crippen molar-refractivity contribution in [3.05, 3.63) is 0 Å². The molecule has 0 spiro atoms. The number of hydrogen-bond donors (Lipinski definition) is 1. The molecule has 0 aromatic rings. The molecule has 0 aromatic heterocycles. The van der Waals surface area contributed by atoms with E-state index in [0.29, 0.717) is 6.61 Å². The van der Waals surface area contributed by atoms with Gasteiger partial charge in [-0.15, -0.1) is 0 Å². The van der Waals surface area contributed by atoms with Crippen LogP contribution in [0.1, 0.15) is 19.8 Å². The van der Waals surface area contributed by atoms with E-state index in [9.17, 15) is 5.26 Å². The van der Waals surface area contributed by atoms with Crippen molar-refractivity contribution in [1.82, 2.24) is 10.2 Å². The van der Waals surface area contributed by atoms with E-state index in [1.54, 1.807) is 7.11 Å². The van der Waals surface area contributed by atoms with Gasteiger partial charge in [-0.2, -0.15) is 5.26 Å². The standard InChI is InChI=1S/C11H21N3O/c1-3-11(9-12,10-15-2)14-7-4-5-13-6-8-14/h13H,3-8,10H2,1-2H3. The zero-order chi connectivity index (χ0) is 11.1. The van der Waals surface area contributed by atoms with Crippen LogP contribution in [0.15, 0.2) is 0 Å². The molecule has 1 N–H and O–H groups in total. The number of methoxy groups -OCH3 is 1. The minimum Gasteiger partial charge on any atom is -0.382 e. The van der Waals surface area contributed by atoms with E-state index in [1.807, 2.05) is 0 Å². The molecule has 0 radical (unpaired) electrons. The van der Waals surface area contributed by atoms with Gasteiger partial charge in [0.05, 0.1) is 12.7 Å². The summed E-state index contributed by atoms with van der Waals surface area (Å²) in [6.45, 7) is 6.49. The first kappa shape index (κ1) is 12.4. The van der Waals surface area contributed by atoms with Crippen molar-refractivity contribution in [2.45, 2.75) is 25.3 Å². The Hall–Kier alpha value is -0.630. The molecule has 0 aliphatic carbocycles. The summed E-state index contributed by atoms with van der Waals surface area (Å²) in [6, 6.07) is 2.44. The lowest BCUT2D eigenvalue weighted by atomic mass is 9.96. The van der Waals surface area contributed by atoms with Crippen LogP contribution < -0.4 is 5.32 Å². The summed E-state index contributed by atoms with van der Waals surface area (Å²) in [6.07, 6.45) is 1.92. The van der Waals surface area contributed by atoms with Gasteiger partial charge < -0.3 is 10.1 Å².